The van der Waals surface area contributed by atoms with Crippen molar-refractivity contribution in [1.82, 2.24) is 30.8 Å². The first kappa shape index (κ1) is 29.6. The normalized spacial score (nSPS) is 21.0. The number of hydrogen-bond donors (Lipinski definition) is 2. The fourth-order valence-electron chi connectivity index (χ4n) is 5.31. The fraction of sp³-hybridized carbons (Fsp3) is 0.560. The van der Waals surface area contributed by atoms with Crippen molar-refractivity contribution in [3.05, 3.63) is 40.8 Å². The van der Waals surface area contributed by atoms with Crippen molar-refractivity contribution in [3.8, 4) is 0 Å². The minimum absolute atomic E-state index is 0.000802. The number of amides is 3. The molecule has 2 aliphatic rings. The van der Waals surface area contributed by atoms with Gasteiger partial charge in [0, 0.05) is 20.0 Å². The third kappa shape index (κ3) is 5.87. The van der Waals surface area contributed by atoms with E-state index in [-0.39, 0.29) is 53.4 Å². The summed E-state index contributed by atoms with van der Waals surface area (Å²) in [5.41, 5.74) is -0.273. The zero-order chi connectivity index (χ0) is 30.4. The molecule has 3 heterocycles. The number of nitrogens with one attached hydrogen (secondary N) is 2. The summed E-state index contributed by atoms with van der Waals surface area (Å²) in [4.78, 5) is 30.6. The largest absolute Gasteiger partial charge is 0.435 e. The maximum absolute atomic E-state index is 15.4. The number of ether oxygens (including phenoxy) is 1. The summed E-state index contributed by atoms with van der Waals surface area (Å²) in [7, 11) is 1.28. The van der Waals surface area contributed by atoms with E-state index in [9.17, 15) is 31.5 Å². The van der Waals surface area contributed by atoms with Crippen molar-refractivity contribution in [1.29, 1.82) is 0 Å². The molecule has 1 aliphatic heterocycles. The molecule has 1 saturated carbocycles. The first-order valence-corrected chi connectivity index (χ1v) is 13.0. The number of alkyl halides is 5. The molecule has 1 aliphatic carbocycles. The molecule has 3 aromatic rings. The van der Waals surface area contributed by atoms with Gasteiger partial charge in [-0.2, -0.15) is 13.2 Å². The number of aryl methyl sites for hydroxylation is 1. The number of carbonyl (C=O) groups excluding carboxylic acids is 2. The highest BCUT2D eigenvalue weighted by Gasteiger charge is 2.49. The molecule has 0 spiro atoms. The van der Waals surface area contributed by atoms with E-state index in [1.807, 2.05) is 5.32 Å². The Morgan fingerprint density at radius 2 is 1.98 bits per heavy atom. The highest BCUT2D eigenvalue weighted by molar-refractivity contribution is 5.93. The van der Waals surface area contributed by atoms with Crippen LogP contribution >= 0.6 is 0 Å². The lowest BCUT2D eigenvalue weighted by molar-refractivity contribution is -0.150. The molecule has 3 atom stereocenters. The van der Waals surface area contributed by atoms with Crippen LogP contribution < -0.4 is 10.6 Å². The summed E-state index contributed by atoms with van der Waals surface area (Å²) in [6, 6.07) is -2.97. The van der Waals surface area contributed by atoms with Crippen LogP contribution in [0.1, 0.15) is 65.4 Å². The number of carbonyl (C=O) groups is 2. The van der Waals surface area contributed by atoms with Gasteiger partial charge in [0.2, 0.25) is 11.8 Å². The Labute approximate surface area is 233 Å². The summed E-state index contributed by atoms with van der Waals surface area (Å²) < 4.78 is 98.4. The number of fused-ring (bicyclic) bond motifs is 1. The topological polar surface area (TPSA) is 136 Å². The Bertz CT molecular complexity index is 1470. The van der Waals surface area contributed by atoms with Gasteiger partial charge < -0.3 is 24.7 Å². The number of halogens is 6. The molecule has 2 aromatic heterocycles. The summed E-state index contributed by atoms with van der Waals surface area (Å²) in [5, 5.41) is 11.6. The molecule has 11 nitrogen and oxygen atoms in total. The third-order valence-electron chi connectivity index (χ3n) is 7.56. The summed E-state index contributed by atoms with van der Waals surface area (Å²) >= 11 is 0. The zero-order valence-corrected chi connectivity index (χ0v) is 22.3. The van der Waals surface area contributed by atoms with Crippen molar-refractivity contribution in [2.75, 3.05) is 20.3 Å². The number of nitrogens with zero attached hydrogens (tertiary/aromatic N) is 4. The Kier molecular flexibility index (Phi) is 7.80. The van der Waals surface area contributed by atoms with Gasteiger partial charge in [-0.05, 0) is 48.5 Å². The molecule has 2 fully saturated rings. The quantitative estimate of drug-likeness (QED) is 0.357. The smallest absolute Gasteiger partial charge is 0.410 e. The zero-order valence-electron chi connectivity index (χ0n) is 22.3. The van der Waals surface area contributed by atoms with Gasteiger partial charge in [-0.1, -0.05) is 5.16 Å². The highest BCUT2D eigenvalue weighted by atomic mass is 19.4. The molecule has 0 radical (unpaired) electrons. The Balaban J connectivity index is 1.49. The number of urea groups is 1. The molecule has 1 saturated heterocycles. The van der Waals surface area contributed by atoms with Gasteiger partial charge in [0.1, 0.15) is 23.3 Å². The van der Waals surface area contributed by atoms with Crippen LogP contribution in [0.3, 0.4) is 0 Å². The number of benzene rings is 1. The number of oxazole rings is 1. The average molecular weight is 605 g/mol. The van der Waals surface area contributed by atoms with E-state index in [2.05, 4.69) is 25.2 Å². The Morgan fingerprint density at radius 3 is 2.57 bits per heavy atom. The summed E-state index contributed by atoms with van der Waals surface area (Å²) in [5.74, 6) is -5.27. The van der Waals surface area contributed by atoms with Crippen molar-refractivity contribution in [2.24, 2.45) is 5.92 Å². The molecule has 0 unspecified atom stereocenters. The molecule has 3 amide bonds. The van der Waals surface area contributed by atoms with Crippen LogP contribution in [0.5, 0.6) is 0 Å². The second kappa shape index (κ2) is 11.1. The molecular weight excluding hydrogens is 578 g/mol. The Morgan fingerprint density at radius 1 is 1.26 bits per heavy atom. The monoisotopic (exact) mass is 604 g/mol. The van der Waals surface area contributed by atoms with Crippen LogP contribution in [0.25, 0.3) is 11.1 Å². The van der Waals surface area contributed by atoms with Crippen molar-refractivity contribution in [3.63, 3.8) is 0 Å². The van der Waals surface area contributed by atoms with Crippen molar-refractivity contribution in [2.45, 2.75) is 62.8 Å². The van der Waals surface area contributed by atoms with Gasteiger partial charge >= 0.3 is 12.2 Å². The molecule has 17 heteroatoms. The van der Waals surface area contributed by atoms with E-state index < -0.39 is 73.3 Å². The van der Waals surface area contributed by atoms with Gasteiger partial charge in [-0.15, -0.1) is 0 Å². The molecule has 1 aromatic carbocycles. The number of hydrogen-bond acceptors (Lipinski definition) is 8. The number of methoxy groups -OCH3 is 1. The van der Waals surface area contributed by atoms with Gasteiger partial charge in [-0.25, -0.2) is 27.6 Å². The van der Waals surface area contributed by atoms with Gasteiger partial charge in [-0.3, -0.25) is 4.79 Å². The molecule has 0 bridgehead atoms. The molecule has 42 heavy (non-hydrogen) atoms. The van der Waals surface area contributed by atoms with Crippen molar-refractivity contribution >= 4 is 23.0 Å². The fourth-order valence-corrected chi connectivity index (χ4v) is 5.31. The minimum Gasteiger partial charge on any atom is -0.435 e. The standard InChI is InChI=1S/C25H26F6N6O5/c1-11-18(36-42-35-11)21(38)34-19(12-3-5-24(27,28)6-4-12)22-32-15-8-13(7-14(26)20(15)41-22)16(10-40-2)37-9-17(25(29,30)31)33-23(37)39/h7-8,12,16-17,19H,3-6,9-10H2,1-2H3,(H,33,39)(H,34,38)/t16-,17+,19+/m1/s1. The van der Waals surface area contributed by atoms with Gasteiger partial charge in [0.25, 0.3) is 5.91 Å². The van der Waals surface area contributed by atoms with Crippen LogP contribution in [0, 0.1) is 18.7 Å². The van der Waals surface area contributed by atoms with Gasteiger partial charge in [0.15, 0.2) is 17.1 Å². The van der Waals surface area contributed by atoms with Crippen LogP contribution in [0.15, 0.2) is 21.2 Å². The number of rotatable bonds is 8. The molecule has 228 valence electrons. The number of aromatic nitrogens is 3. The average Bonchev–Trinajstić information content (AvgIpc) is 3.64. The lowest BCUT2D eigenvalue weighted by atomic mass is 9.82. The first-order chi connectivity index (χ1) is 19.8. The minimum atomic E-state index is -4.69. The maximum Gasteiger partial charge on any atom is 0.410 e. The predicted octanol–water partition coefficient (Wildman–Crippen LogP) is 4.60. The molecule has 5 rings (SSSR count). The Hall–Kier alpha value is -3.89. The second-order valence-electron chi connectivity index (χ2n) is 10.4. The lowest BCUT2D eigenvalue weighted by Crippen LogP contribution is -2.40. The third-order valence-corrected chi connectivity index (χ3v) is 7.56. The van der Waals surface area contributed by atoms with E-state index >= 15 is 4.39 Å². The van der Waals surface area contributed by atoms with Crippen molar-refractivity contribution < 1.29 is 49.7 Å². The van der Waals surface area contributed by atoms with E-state index in [0.717, 1.165) is 11.0 Å². The van der Waals surface area contributed by atoms with E-state index in [4.69, 9.17) is 9.15 Å². The summed E-state index contributed by atoms with van der Waals surface area (Å²) in [6.45, 7) is 0.496. The van der Waals surface area contributed by atoms with Crippen LogP contribution in [0.4, 0.5) is 31.1 Å². The molecule has 2 N–H and O–H groups in total. The second-order valence-corrected chi connectivity index (χ2v) is 10.4. The van der Waals surface area contributed by atoms with Crippen LogP contribution in [-0.4, -0.2) is 70.5 Å². The van der Waals surface area contributed by atoms with Gasteiger partial charge in [0.05, 0.1) is 19.2 Å². The molecular formula is C25H26F6N6O5. The van der Waals surface area contributed by atoms with E-state index in [0.29, 0.717) is 0 Å². The van der Waals surface area contributed by atoms with E-state index in [1.165, 1.54) is 20.1 Å². The highest BCUT2D eigenvalue weighted by Crippen LogP contribution is 2.42. The first-order valence-electron chi connectivity index (χ1n) is 13.0. The predicted molar refractivity (Wildman–Crippen MR) is 130 cm³/mol. The SMILES string of the molecule is COC[C@H](c1cc(F)c2oc([C@@H](NC(=O)c3nonc3C)C3CCC(F)(F)CC3)nc2c1)N1C[C@@H](C(F)(F)F)NC1=O. The van der Waals surface area contributed by atoms with E-state index in [1.54, 1.807) is 0 Å². The van der Waals surface area contributed by atoms with Crippen LogP contribution in [-0.2, 0) is 4.74 Å². The maximum atomic E-state index is 15.4. The lowest BCUT2D eigenvalue weighted by Gasteiger charge is -2.32. The van der Waals surface area contributed by atoms with Crippen LogP contribution in [0.2, 0.25) is 0 Å². The summed E-state index contributed by atoms with van der Waals surface area (Å²) in [6.07, 6.45) is -5.57.